The highest BCUT2D eigenvalue weighted by molar-refractivity contribution is 6.34. The lowest BCUT2D eigenvalue weighted by atomic mass is 9.85. The standard InChI is InChI=1S/C36H38Cl2N6O5/c1-35(2,3)49-34(47)42-9-10-43(36(4,5)19-42)33(46)30-26-8-7-20-12-29(48-6)27(21-11-22(32(39)45)18-40-17-21)16-28(20)31(26)44(41-30)25-14-23(37)13-24(38)15-25/h11-18H,7-10,19H2,1-6H3,(H2,39,45). The molecular formula is C36H38Cl2N6O5. The van der Waals surface area contributed by atoms with Crippen molar-refractivity contribution in [1.29, 1.82) is 0 Å². The van der Waals surface area contributed by atoms with E-state index in [-0.39, 0.29) is 11.5 Å². The molecule has 3 amide bonds. The minimum Gasteiger partial charge on any atom is -0.496 e. The van der Waals surface area contributed by atoms with Gasteiger partial charge in [0.2, 0.25) is 5.91 Å². The van der Waals surface area contributed by atoms with Gasteiger partial charge in [0.15, 0.2) is 5.69 Å². The number of fused-ring (bicyclic) bond motifs is 3. The van der Waals surface area contributed by atoms with E-state index >= 15 is 0 Å². The fourth-order valence-electron chi connectivity index (χ4n) is 6.55. The van der Waals surface area contributed by atoms with Gasteiger partial charge >= 0.3 is 6.09 Å². The van der Waals surface area contributed by atoms with Crippen molar-refractivity contribution in [2.75, 3.05) is 26.7 Å². The maximum absolute atomic E-state index is 14.6. The van der Waals surface area contributed by atoms with Crippen molar-refractivity contribution < 1.29 is 23.9 Å². The van der Waals surface area contributed by atoms with Crippen LogP contribution in [0.1, 0.15) is 66.6 Å². The summed E-state index contributed by atoms with van der Waals surface area (Å²) in [4.78, 5) is 47.1. The zero-order valence-electron chi connectivity index (χ0n) is 28.3. The van der Waals surface area contributed by atoms with Gasteiger partial charge in [0.25, 0.3) is 5.91 Å². The largest absolute Gasteiger partial charge is 0.496 e. The monoisotopic (exact) mass is 704 g/mol. The molecule has 0 atom stereocenters. The van der Waals surface area contributed by atoms with E-state index in [0.717, 1.165) is 22.4 Å². The molecule has 0 spiro atoms. The fraction of sp³-hybridized carbons (Fsp3) is 0.361. The lowest BCUT2D eigenvalue weighted by molar-refractivity contribution is -0.0111. The van der Waals surface area contributed by atoms with E-state index in [1.54, 1.807) is 52.1 Å². The molecule has 1 fully saturated rings. The summed E-state index contributed by atoms with van der Waals surface area (Å²) in [5, 5.41) is 5.80. The van der Waals surface area contributed by atoms with E-state index in [2.05, 4.69) is 4.98 Å². The van der Waals surface area contributed by atoms with Crippen LogP contribution < -0.4 is 10.5 Å². The number of nitrogens with two attached hydrogens (primary N) is 1. The number of carbonyl (C=O) groups is 3. The van der Waals surface area contributed by atoms with Gasteiger partial charge in [-0.1, -0.05) is 23.2 Å². The second-order valence-electron chi connectivity index (χ2n) is 13.9. The Hall–Kier alpha value is -4.61. The number of carbonyl (C=O) groups excluding carboxylic acids is 3. The van der Waals surface area contributed by atoms with Crippen LogP contribution in [-0.2, 0) is 17.6 Å². The summed E-state index contributed by atoms with van der Waals surface area (Å²) in [5.74, 6) is -0.238. The number of primary amides is 1. The Morgan fingerprint density at radius 3 is 2.29 bits per heavy atom. The maximum atomic E-state index is 14.6. The molecule has 2 aromatic carbocycles. The van der Waals surface area contributed by atoms with E-state index in [9.17, 15) is 14.4 Å². The first-order valence-electron chi connectivity index (χ1n) is 15.9. The quantitative estimate of drug-likeness (QED) is 0.248. The van der Waals surface area contributed by atoms with Crippen LogP contribution >= 0.6 is 23.2 Å². The average Bonchev–Trinajstić information content (AvgIpc) is 3.42. The van der Waals surface area contributed by atoms with Crippen LogP contribution in [0, 0.1) is 0 Å². The Morgan fingerprint density at radius 1 is 0.939 bits per heavy atom. The highest BCUT2D eigenvalue weighted by Gasteiger charge is 2.42. The number of aromatic nitrogens is 3. The Morgan fingerprint density at radius 2 is 1.65 bits per heavy atom. The molecule has 2 aromatic heterocycles. The summed E-state index contributed by atoms with van der Waals surface area (Å²) < 4.78 is 13.1. The molecule has 0 radical (unpaired) electrons. The highest BCUT2D eigenvalue weighted by Crippen LogP contribution is 2.44. The molecule has 6 rings (SSSR count). The van der Waals surface area contributed by atoms with Gasteiger partial charge in [-0.3, -0.25) is 14.6 Å². The number of rotatable bonds is 5. The molecule has 2 N–H and O–H groups in total. The smallest absolute Gasteiger partial charge is 0.410 e. The van der Waals surface area contributed by atoms with Crippen molar-refractivity contribution >= 4 is 41.1 Å². The van der Waals surface area contributed by atoms with Gasteiger partial charge < -0.3 is 25.0 Å². The predicted molar refractivity (Wildman–Crippen MR) is 188 cm³/mol. The van der Waals surface area contributed by atoms with Crippen LogP contribution in [0.2, 0.25) is 10.0 Å². The van der Waals surface area contributed by atoms with Gasteiger partial charge in [0.05, 0.1) is 29.6 Å². The van der Waals surface area contributed by atoms with Crippen LogP contribution in [0.4, 0.5) is 4.79 Å². The summed E-state index contributed by atoms with van der Waals surface area (Å²) in [5.41, 5.74) is 10.0. The number of hydrogen-bond acceptors (Lipinski definition) is 7. The molecule has 3 heterocycles. The second-order valence-corrected chi connectivity index (χ2v) is 14.8. The molecule has 1 saturated heterocycles. The number of halogens is 2. The number of ether oxygens (including phenoxy) is 2. The van der Waals surface area contributed by atoms with Gasteiger partial charge in [-0.25, -0.2) is 9.48 Å². The van der Waals surface area contributed by atoms with Crippen molar-refractivity contribution in [3.63, 3.8) is 0 Å². The van der Waals surface area contributed by atoms with E-state index in [1.807, 2.05) is 46.8 Å². The number of hydrogen-bond donors (Lipinski definition) is 1. The van der Waals surface area contributed by atoms with Gasteiger partial charge in [0, 0.05) is 64.3 Å². The molecule has 1 aliphatic carbocycles. The van der Waals surface area contributed by atoms with Crippen molar-refractivity contribution in [2.24, 2.45) is 5.73 Å². The van der Waals surface area contributed by atoms with Gasteiger partial charge in [0.1, 0.15) is 11.4 Å². The van der Waals surface area contributed by atoms with Crippen molar-refractivity contribution in [1.82, 2.24) is 24.6 Å². The third kappa shape index (κ3) is 6.69. The van der Waals surface area contributed by atoms with E-state index < -0.39 is 23.1 Å². The Kier molecular flexibility index (Phi) is 8.87. The molecule has 49 heavy (non-hydrogen) atoms. The molecular weight excluding hydrogens is 667 g/mol. The van der Waals surface area contributed by atoms with Crippen molar-refractivity contribution in [3.8, 4) is 33.8 Å². The number of amides is 3. The Labute approximate surface area is 294 Å². The van der Waals surface area contributed by atoms with Crippen LogP contribution in [-0.4, -0.2) is 80.4 Å². The number of aryl methyl sites for hydroxylation is 1. The molecule has 11 nitrogen and oxygen atoms in total. The van der Waals surface area contributed by atoms with E-state index in [4.69, 9.17) is 43.5 Å². The first kappa shape index (κ1) is 34.3. The molecule has 256 valence electrons. The number of pyridine rings is 1. The Bertz CT molecular complexity index is 1980. The number of piperazine rings is 1. The zero-order chi connectivity index (χ0) is 35.4. The number of nitrogens with zero attached hydrogens (tertiary/aromatic N) is 5. The maximum Gasteiger partial charge on any atom is 0.410 e. The van der Waals surface area contributed by atoms with Crippen LogP contribution in [0.25, 0.3) is 28.1 Å². The molecule has 0 unspecified atom stereocenters. The molecule has 1 aliphatic heterocycles. The second kappa shape index (κ2) is 12.7. The molecule has 4 aromatic rings. The molecule has 0 bridgehead atoms. The van der Waals surface area contributed by atoms with E-state index in [1.165, 1.54) is 6.20 Å². The SMILES string of the molecule is COc1cc2c(cc1-c1cncc(C(N)=O)c1)-c1c(c(C(=O)N3CCN(C(=O)OC(C)(C)C)CC3(C)C)nn1-c1cc(Cl)cc(Cl)c1)CC2. The first-order valence-corrected chi connectivity index (χ1v) is 16.7. The first-order chi connectivity index (χ1) is 23.1. The van der Waals surface area contributed by atoms with Crippen LogP contribution in [0.15, 0.2) is 48.8 Å². The van der Waals surface area contributed by atoms with Crippen molar-refractivity contribution in [3.05, 3.63) is 81.2 Å². The van der Waals surface area contributed by atoms with Crippen LogP contribution in [0.3, 0.4) is 0 Å². The molecule has 2 aliphatic rings. The van der Waals surface area contributed by atoms with Gasteiger partial charge in [-0.05, 0) is 89.4 Å². The topological polar surface area (TPSA) is 133 Å². The van der Waals surface area contributed by atoms with Crippen LogP contribution in [0.5, 0.6) is 5.75 Å². The zero-order valence-corrected chi connectivity index (χ0v) is 29.8. The number of methoxy groups -OCH3 is 1. The van der Waals surface area contributed by atoms with Gasteiger partial charge in [-0.15, -0.1) is 0 Å². The minimum atomic E-state index is -0.714. The summed E-state index contributed by atoms with van der Waals surface area (Å²) in [6.07, 6.45) is 3.81. The summed E-state index contributed by atoms with van der Waals surface area (Å²) in [6.45, 7) is 10.3. The third-order valence-electron chi connectivity index (χ3n) is 8.74. The fourth-order valence-corrected chi connectivity index (χ4v) is 7.07. The third-order valence-corrected chi connectivity index (χ3v) is 9.17. The normalized spacial score (nSPS) is 15.3. The summed E-state index contributed by atoms with van der Waals surface area (Å²) >= 11 is 12.9. The predicted octanol–water partition coefficient (Wildman–Crippen LogP) is 6.59. The summed E-state index contributed by atoms with van der Waals surface area (Å²) in [6, 6.07) is 10.7. The highest BCUT2D eigenvalue weighted by atomic mass is 35.5. The van der Waals surface area contributed by atoms with E-state index in [0.29, 0.717) is 70.8 Å². The minimum absolute atomic E-state index is 0.243. The summed E-state index contributed by atoms with van der Waals surface area (Å²) in [7, 11) is 1.59. The molecule has 13 heteroatoms. The lowest BCUT2D eigenvalue weighted by Crippen LogP contribution is -2.62. The average molecular weight is 706 g/mol. The Balaban J connectivity index is 1.48. The van der Waals surface area contributed by atoms with Crippen molar-refractivity contribution in [2.45, 2.75) is 58.6 Å². The molecule has 0 saturated carbocycles. The lowest BCUT2D eigenvalue weighted by Gasteiger charge is -2.46. The number of benzene rings is 2. The van der Waals surface area contributed by atoms with Gasteiger partial charge in [-0.2, -0.15) is 5.10 Å².